The van der Waals surface area contributed by atoms with Crippen molar-refractivity contribution in [1.82, 2.24) is 20.4 Å². The smallest absolute Gasteiger partial charge is 0.241 e. The number of halogens is 1. The average Bonchev–Trinajstić information content (AvgIpc) is 3.35. The molecule has 27 heavy (non-hydrogen) atoms. The lowest BCUT2D eigenvalue weighted by Crippen LogP contribution is -2.45. The summed E-state index contributed by atoms with van der Waals surface area (Å²) in [6, 6.07) is 7.75. The van der Waals surface area contributed by atoms with Crippen LogP contribution in [0.5, 0.6) is 0 Å². The van der Waals surface area contributed by atoms with E-state index in [0.717, 1.165) is 44.3 Å². The number of carbonyl (C=O) groups is 1. The van der Waals surface area contributed by atoms with E-state index in [9.17, 15) is 4.79 Å². The number of nitrogens with one attached hydrogen (secondary N) is 1. The Morgan fingerprint density at radius 1 is 1.19 bits per heavy atom. The third-order valence-electron chi connectivity index (χ3n) is 5.51. The standard InChI is InChI=1S/C20H25ClN4O2/c21-16-9-7-14(8-10-16)19-23-18(27-24-19)13-25-11-3-4-15(12-25)20(26)22-17-5-1-2-6-17/h7-10,15,17H,1-6,11-13H2,(H,22,26). The van der Waals surface area contributed by atoms with Crippen LogP contribution in [0.25, 0.3) is 11.4 Å². The van der Waals surface area contributed by atoms with Gasteiger partial charge in [-0.2, -0.15) is 4.98 Å². The van der Waals surface area contributed by atoms with Crippen LogP contribution in [-0.4, -0.2) is 40.1 Å². The summed E-state index contributed by atoms with van der Waals surface area (Å²) < 4.78 is 5.42. The lowest BCUT2D eigenvalue weighted by molar-refractivity contribution is -0.127. The van der Waals surface area contributed by atoms with Crippen LogP contribution in [0.15, 0.2) is 28.8 Å². The predicted molar refractivity (Wildman–Crippen MR) is 103 cm³/mol. The molecule has 1 aromatic heterocycles. The number of piperidine rings is 1. The molecule has 1 saturated carbocycles. The first-order chi connectivity index (χ1) is 13.2. The van der Waals surface area contributed by atoms with Crippen molar-refractivity contribution in [3.05, 3.63) is 35.2 Å². The van der Waals surface area contributed by atoms with Gasteiger partial charge in [0.1, 0.15) is 0 Å². The van der Waals surface area contributed by atoms with Crippen LogP contribution >= 0.6 is 11.6 Å². The molecule has 0 bridgehead atoms. The Morgan fingerprint density at radius 3 is 2.74 bits per heavy atom. The third kappa shape index (κ3) is 4.68. The van der Waals surface area contributed by atoms with Crippen molar-refractivity contribution in [2.24, 2.45) is 5.92 Å². The molecule has 1 saturated heterocycles. The Morgan fingerprint density at radius 2 is 1.96 bits per heavy atom. The van der Waals surface area contributed by atoms with Crippen molar-refractivity contribution in [3.63, 3.8) is 0 Å². The first-order valence-electron chi connectivity index (χ1n) is 9.78. The van der Waals surface area contributed by atoms with E-state index >= 15 is 0 Å². The van der Waals surface area contributed by atoms with Crippen LogP contribution in [0.1, 0.15) is 44.4 Å². The van der Waals surface area contributed by atoms with Crippen molar-refractivity contribution in [2.45, 2.75) is 51.1 Å². The summed E-state index contributed by atoms with van der Waals surface area (Å²) in [7, 11) is 0. The Kier molecular flexibility index (Phi) is 5.74. The molecule has 1 aliphatic carbocycles. The van der Waals surface area contributed by atoms with Gasteiger partial charge in [0.25, 0.3) is 0 Å². The quantitative estimate of drug-likeness (QED) is 0.846. The summed E-state index contributed by atoms with van der Waals surface area (Å²) in [5.41, 5.74) is 0.877. The summed E-state index contributed by atoms with van der Waals surface area (Å²) in [4.78, 5) is 19.3. The summed E-state index contributed by atoms with van der Waals surface area (Å²) in [6.45, 7) is 2.27. The number of aromatic nitrogens is 2. The molecule has 1 aromatic carbocycles. The molecule has 6 nitrogen and oxygen atoms in total. The van der Waals surface area contributed by atoms with Gasteiger partial charge in [0.2, 0.25) is 17.6 Å². The Balaban J connectivity index is 1.34. The van der Waals surface area contributed by atoms with Gasteiger partial charge in [-0.15, -0.1) is 0 Å². The fourth-order valence-corrected chi connectivity index (χ4v) is 4.15. The highest BCUT2D eigenvalue weighted by Gasteiger charge is 2.28. The van der Waals surface area contributed by atoms with Crippen molar-refractivity contribution in [3.8, 4) is 11.4 Å². The largest absolute Gasteiger partial charge is 0.353 e. The maximum Gasteiger partial charge on any atom is 0.241 e. The zero-order valence-electron chi connectivity index (χ0n) is 15.4. The lowest BCUT2D eigenvalue weighted by Gasteiger charge is -2.31. The van der Waals surface area contributed by atoms with Crippen molar-refractivity contribution in [1.29, 1.82) is 0 Å². The molecule has 144 valence electrons. The highest BCUT2D eigenvalue weighted by atomic mass is 35.5. The van der Waals surface area contributed by atoms with E-state index < -0.39 is 0 Å². The van der Waals surface area contributed by atoms with Crippen LogP contribution < -0.4 is 5.32 Å². The molecule has 0 radical (unpaired) electrons. The molecular weight excluding hydrogens is 364 g/mol. The molecule has 1 unspecified atom stereocenters. The number of amides is 1. The SMILES string of the molecule is O=C(NC1CCCC1)C1CCCN(Cc2nc(-c3ccc(Cl)cc3)no2)C1. The van der Waals surface area contributed by atoms with Crippen molar-refractivity contribution in [2.75, 3.05) is 13.1 Å². The molecule has 0 spiro atoms. The average molecular weight is 389 g/mol. The molecule has 2 aromatic rings. The van der Waals surface area contributed by atoms with E-state index in [1.807, 2.05) is 24.3 Å². The molecule has 4 rings (SSSR count). The minimum atomic E-state index is 0.0537. The first-order valence-corrected chi connectivity index (χ1v) is 10.2. The first kappa shape index (κ1) is 18.4. The van der Waals surface area contributed by atoms with Gasteiger partial charge in [-0.25, -0.2) is 0 Å². The topological polar surface area (TPSA) is 71.3 Å². The number of benzene rings is 1. The summed E-state index contributed by atoms with van der Waals surface area (Å²) in [5, 5.41) is 7.98. The van der Waals surface area contributed by atoms with Gasteiger partial charge in [-0.1, -0.05) is 29.6 Å². The number of hydrogen-bond acceptors (Lipinski definition) is 5. The van der Waals surface area contributed by atoms with Gasteiger partial charge in [0.15, 0.2) is 0 Å². The van der Waals surface area contributed by atoms with E-state index in [4.69, 9.17) is 16.1 Å². The molecule has 1 aliphatic heterocycles. The molecule has 1 N–H and O–H groups in total. The molecule has 1 amide bonds. The fourth-order valence-electron chi connectivity index (χ4n) is 4.03. The monoisotopic (exact) mass is 388 g/mol. The molecule has 2 fully saturated rings. The second kappa shape index (κ2) is 8.40. The van der Waals surface area contributed by atoms with E-state index in [2.05, 4.69) is 20.4 Å². The second-order valence-electron chi connectivity index (χ2n) is 7.58. The van der Waals surface area contributed by atoms with Gasteiger partial charge in [0.05, 0.1) is 12.5 Å². The molecule has 2 heterocycles. The molecule has 7 heteroatoms. The summed E-state index contributed by atoms with van der Waals surface area (Å²) >= 11 is 5.92. The number of likely N-dealkylation sites (tertiary alicyclic amines) is 1. The number of rotatable bonds is 5. The zero-order valence-corrected chi connectivity index (χ0v) is 16.1. The van der Waals surface area contributed by atoms with E-state index in [1.165, 1.54) is 12.8 Å². The number of nitrogens with zero attached hydrogens (tertiary/aromatic N) is 3. The van der Waals surface area contributed by atoms with Gasteiger partial charge in [-0.05, 0) is 56.5 Å². The maximum atomic E-state index is 12.6. The van der Waals surface area contributed by atoms with Crippen molar-refractivity contribution < 1.29 is 9.32 Å². The number of carbonyl (C=O) groups excluding carboxylic acids is 1. The minimum absolute atomic E-state index is 0.0537. The van der Waals surface area contributed by atoms with Crippen LogP contribution in [0.2, 0.25) is 5.02 Å². The lowest BCUT2D eigenvalue weighted by atomic mass is 9.96. The minimum Gasteiger partial charge on any atom is -0.353 e. The molecule has 1 atom stereocenters. The van der Waals surface area contributed by atoms with Gasteiger partial charge < -0.3 is 9.84 Å². The third-order valence-corrected chi connectivity index (χ3v) is 5.76. The second-order valence-corrected chi connectivity index (χ2v) is 8.02. The Hall–Kier alpha value is -1.92. The molecular formula is C20H25ClN4O2. The van der Waals surface area contributed by atoms with Crippen molar-refractivity contribution >= 4 is 17.5 Å². The van der Waals surface area contributed by atoms with Crippen LogP contribution in [-0.2, 0) is 11.3 Å². The highest BCUT2D eigenvalue weighted by Crippen LogP contribution is 2.23. The van der Waals surface area contributed by atoms with Crippen LogP contribution in [0.3, 0.4) is 0 Å². The van der Waals surface area contributed by atoms with Crippen LogP contribution in [0.4, 0.5) is 0 Å². The van der Waals surface area contributed by atoms with Gasteiger partial charge in [0, 0.05) is 23.2 Å². The van der Waals surface area contributed by atoms with Crippen LogP contribution in [0, 0.1) is 5.92 Å². The van der Waals surface area contributed by atoms with E-state index in [-0.39, 0.29) is 11.8 Å². The zero-order chi connectivity index (χ0) is 18.6. The van der Waals surface area contributed by atoms with E-state index in [1.54, 1.807) is 0 Å². The summed E-state index contributed by atoms with van der Waals surface area (Å²) in [5.74, 6) is 1.41. The predicted octanol–water partition coefficient (Wildman–Crippen LogP) is 3.66. The summed E-state index contributed by atoms with van der Waals surface area (Å²) in [6.07, 6.45) is 6.68. The Bertz CT molecular complexity index is 771. The van der Waals surface area contributed by atoms with Gasteiger partial charge in [-0.3, -0.25) is 9.69 Å². The molecule has 2 aliphatic rings. The van der Waals surface area contributed by atoms with E-state index in [0.29, 0.717) is 29.3 Å². The highest BCUT2D eigenvalue weighted by molar-refractivity contribution is 6.30. The number of hydrogen-bond donors (Lipinski definition) is 1. The fraction of sp³-hybridized carbons (Fsp3) is 0.550. The Labute approximate surface area is 164 Å². The normalized spacial score (nSPS) is 21.4. The van der Waals surface area contributed by atoms with Gasteiger partial charge >= 0.3 is 0 Å². The maximum absolute atomic E-state index is 12.6.